The van der Waals surface area contributed by atoms with Crippen molar-refractivity contribution >= 4 is 27.3 Å². The monoisotopic (exact) mass is 290 g/mol. The third kappa shape index (κ3) is 3.14. The minimum absolute atomic E-state index is 0.351. The summed E-state index contributed by atoms with van der Waals surface area (Å²) in [6, 6.07) is 0. The van der Waals surface area contributed by atoms with Crippen LogP contribution in [0.2, 0.25) is 0 Å². The normalized spacial score (nSPS) is 26.5. The van der Waals surface area contributed by atoms with E-state index in [4.69, 9.17) is 4.74 Å². The lowest BCUT2D eigenvalue weighted by molar-refractivity contribution is 0.121. The lowest BCUT2D eigenvalue weighted by Crippen LogP contribution is -2.25. The Morgan fingerprint density at radius 2 is 2.33 bits per heavy atom. The summed E-state index contributed by atoms with van der Waals surface area (Å²) in [6.45, 7) is 2.26. The highest BCUT2D eigenvalue weighted by Crippen LogP contribution is 2.31. The van der Waals surface area contributed by atoms with Crippen LogP contribution in [0.3, 0.4) is 0 Å². The van der Waals surface area contributed by atoms with Crippen LogP contribution in [0.4, 0.5) is 0 Å². The maximum atomic E-state index is 5.82. The van der Waals surface area contributed by atoms with Gasteiger partial charge in [-0.1, -0.05) is 24.9 Å². The van der Waals surface area contributed by atoms with Crippen LogP contribution in [-0.4, -0.2) is 16.3 Å². The molecular weight excluding hydrogens is 276 g/mol. The highest BCUT2D eigenvalue weighted by molar-refractivity contribution is 9.11. The molecule has 0 N–H and O–H groups in total. The van der Waals surface area contributed by atoms with Gasteiger partial charge in [-0.2, -0.15) is 0 Å². The fourth-order valence-corrected chi connectivity index (χ4v) is 3.09. The molecule has 1 heterocycles. The van der Waals surface area contributed by atoms with Gasteiger partial charge < -0.3 is 4.74 Å². The topological polar surface area (TPSA) is 35.0 Å². The second-order valence-electron chi connectivity index (χ2n) is 4.00. The van der Waals surface area contributed by atoms with Crippen LogP contribution in [0, 0.1) is 5.92 Å². The molecule has 0 bridgehead atoms. The van der Waals surface area contributed by atoms with Gasteiger partial charge in [0.15, 0.2) is 3.92 Å². The van der Waals surface area contributed by atoms with Crippen LogP contribution in [-0.2, 0) is 0 Å². The molecular formula is C10H15BrN2OS. The lowest BCUT2D eigenvalue weighted by Gasteiger charge is -2.27. The summed E-state index contributed by atoms with van der Waals surface area (Å²) in [5.74, 6) is 0.833. The maximum absolute atomic E-state index is 5.82. The number of halogens is 1. The third-order valence-corrected chi connectivity index (χ3v) is 4.21. The molecule has 1 fully saturated rings. The van der Waals surface area contributed by atoms with Crippen LogP contribution in [0.15, 0.2) is 3.92 Å². The first-order valence-corrected chi connectivity index (χ1v) is 7.04. The fourth-order valence-electron chi connectivity index (χ4n) is 2.10. The molecule has 0 aromatic carbocycles. The molecule has 2 unspecified atom stereocenters. The van der Waals surface area contributed by atoms with Gasteiger partial charge in [-0.3, -0.25) is 0 Å². The van der Waals surface area contributed by atoms with Crippen LogP contribution in [0.5, 0.6) is 5.19 Å². The predicted molar refractivity (Wildman–Crippen MR) is 64.3 cm³/mol. The zero-order chi connectivity index (χ0) is 10.7. The smallest absolute Gasteiger partial charge is 0.295 e. The Balaban J connectivity index is 1.88. The number of hydrogen-bond acceptors (Lipinski definition) is 4. The first-order chi connectivity index (χ1) is 7.28. The molecule has 15 heavy (non-hydrogen) atoms. The molecule has 1 aromatic heterocycles. The molecule has 3 nitrogen and oxygen atoms in total. The fraction of sp³-hybridized carbons (Fsp3) is 0.800. The van der Waals surface area contributed by atoms with Gasteiger partial charge in [0.2, 0.25) is 0 Å². The van der Waals surface area contributed by atoms with E-state index in [1.807, 2.05) is 0 Å². The summed E-state index contributed by atoms with van der Waals surface area (Å²) in [6.07, 6.45) is 6.59. The highest BCUT2D eigenvalue weighted by Gasteiger charge is 2.23. The summed E-state index contributed by atoms with van der Waals surface area (Å²) in [4.78, 5) is 0. The second-order valence-corrected chi connectivity index (χ2v) is 6.22. The minimum atomic E-state index is 0.351. The largest absolute Gasteiger partial charge is 0.466 e. The molecule has 1 aliphatic carbocycles. The SMILES string of the molecule is CCC1CCCC(Oc2nnc(Br)s2)C1. The summed E-state index contributed by atoms with van der Waals surface area (Å²) >= 11 is 4.75. The van der Waals surface area contributed by atoms with E-state index in [1.54, 1.807) is 0 Å². The summed E-state index contributed by atoms with van der Waals surface area (Å²) in [5, 5.41) is 8.54. The first kappa shape index (κ1) is 11.3. The van der Waals surface area contributed by atoms with Gasteiger partial charge in [-0.05, 0) is 52.4 Å². The van der Waals surface area contributed by atoms with Crippen LogP contribution in [0.1, 0.15) is 39.0 Å². The van der Waals surface area contributed by atoms with E-state index < -0.39 is 0 Å². The van der Waals surface area contributed by atoms with Crippen molar-refractivity contribution in [3.05, 3.63) is 3.92 Å². The molecule has 1 saturated carbocycles. The van der Waals surface area contributed by atoms with Gasteiger partial charge in [0, 0.05) is 0 Å². The number of nitrogens with zero attached hydrogens (tertiary/aromatic N) is 2. The number of hydrogen-bond donors (Lipinski definition) is 0. The van der Waals surface area contributed by atoms with Crippen LogP contribution < -0.4 is 4.74 Å². The van der Waals surface area contributed by atoms with Crippen molar-refractivity contribution in [2.75, 3.05) is 0 Å². The van der Waals surface area contributed by atoms with E-state index in [0.29, 0.717) is 11.3 Å². The van der Waals surface area contributed by atoms with E-state index in [1.165, 1.54) is 37.0 Å². The van der Waals surface area contributed by atoms with Crippen LogP contribution in [0.25, 0.3) is 0 Å². The predicted octanol–water partition coefficient (Wildman–Crippen LogP) is 3.65. The summed E-state index contributed by atoms with van der Waals surface area (Å²) in [5.41, 5.74) is 0. The zero-order valence-corrected chi connectivity index (χ0v) is 11.2. The van der Waals surface area contributed by atoms with Crippen molar-refractivity contribution < 1.29 is 4.74 Å². The van der Waals surface area contributed by atoms with E-state index in [2.05, 4.69) is 33.1 Å². The summed E-state index contributed by atoms with van der Waals surface area (Å²) in [7, 11) is 0. The Kier molecular flexibility index (Phi) is 3.97. The molecule has 2 rings (SSSR count). The van der Waals surface area contributed by atoms with Crippen molar-refractivity contribution in [1.82, 2.24) is 10.2 Å². The molecule has 0 aliphatic heterocycles. The van der Waals surface area contributed by atoms with E-state index >= 15 is 0 Å². The number of aromatic nitrogens is 2. The average molecular weight is 291 g/mol. The van der Waals surface area contributed by atoms with Gasteiger partial charge in [0.05, 0.1) is 0 Å². The third-order valence-electron chi connectivity index (χ3n) is 2.96. The molecule has 1 aromatic rings. The van der Waals surface area contributed by atoms with Gasteiger partial charge >= 0.3 is 0 Å². The molecule has 0 amide bonds. The molecule has 2 atom stereocenters. The quantitative estimate of drug-likeness (QED) is 0.852. The van der Waals surface area contributed by atoms with Crippen molar-refractivity contribution in [2.24, 2.45) is 5.92 Å². The maximum Gasteiger partial charge on any atom is 0.295 e. The Hall–Kier alpha value is -0.160. The van der Waals surface area contributed by atoms with Crippen molar-refractivity contribution in [1.29, 1.82) is 0 Å². The van der Waals surface area contributed by atoms with E-state index in [0.717, 1.165) is 16.3 Å². The summed E-state index contributed by atoms with van der Waals surface area (Å²) < 4.78 is 6.62. The van der Waals surface area contributed by atoms with Crippen LogP contribution >= 0.6 is 27.3 Å². The van der Waals surface area contributed by atoms with E-state index in [-0.39, 0.29) is 0 Å². The van der Waals surface area contributed by atoms with Crippen molar-refractivity contribution in [3.8, 4) is 5.19 Å². The molecule has 0 radical (unpaired) electrons. The van der Waals surface area contributed by atoms with E-state index in [9.17, 15) is 0 Å². The zero-order valence-electron chi connectivity index (χ0n) is 8.78. The Labute approximate surface area is 102 Å². The van der Waals surface area contributed by atoms with Gasteiger partial charge in [0.1, 0.15) is 6.10 Å². The first-order valence-electron chi connectivity index (χ1n) is 5.43. The Bertz CT molecular complexity index is 318. The molecule has 0 spiro atoms. The molecule has 84 valence electrons. The molecule has 1 aliphatic rings. The Morgan fingerprint density at radius 3 is 3.00 bits per heavy atom. The van der Waals surface area contributed by atoms with Gasteiger partial charge in [0.25, 0.3) is 5.19 Å². The van der Waals surface area contributed by atoms with Gasteiger partial charge in [-0.25, -0.2) is 0 Å². The van der Waals surface area contributed by atoms with Gasteiger partial charge in [-0.15, -0.1) is 5.10 Å². The minimum Gasteiger partial charge on any atom is -0.466 e. The highest BCUT2D eigenvalue weighted by atomic mass is 79.9. The standard InChI is InChI=1S/C10H15BrN2OS/c1-2-7-4-3-5-8(6-7)14-10-13-12-9(11)15-10/h7-8H,2-6H2,1H3. The van der Waals surface area contributed by atoms with Crippen molar-refractivity contribution in [2.45, 2.75) is 45.1 Å². The number of ether oxygens (including phenoxy) is 1. The van der Waals surface area contributed by atoms with Crippen molar-refractivity contribution in [3.63, 3.8) is 0 Å². The Morgan fingerprint density at radius 1 is 1.47 bits per heavy atom. The average Bonchev–Trinajstić information content (AvgIpc) is 2.64. The lowest BCUT2D eigenvalue weighted by atomic mass is 9.86. The second kappa shape index (κ2) is 5.25. The molecule has 5 heteroatoms. The number of rotatable bonds is 3. The molecule has 0 saturated heterocycles.